The van der Waals surface area contributed by atoms with Crippen LogP contribution in [0, 0.1) is 6.92 Å². The number of aryl methyl sites for hydroxylation is 1. The minimum absolute atomic E-state index is 0.252. The molecule has 0 spiro atoms. The standard InChI is InChI=1S/C14H22N4O3/c1-9-8-11(4-5-12(9)18-15)14(20)17-10(2)13(19)16-6-7-21-3/h4-5,8,10,18H,6-7,15H2,1-3H3,(H,16,19)(H,17,20). The number of rotatable bonds is 7. The van der Waals surface area contributed by atoms with Crippen LogP contribution in [-0.2, 0) is 9.53 Å². The van der Waals surface area contributed by atoms with Crippen LogP contribution in [0.25, 0.3) is 0 Å². The first kappa shape index (κ1) is 16.9. The van der Waals surface area contributed by atoms with Crippen LogP contribution in [0.15, 0.2) is 18.2 Å². The zero-order chi connectivity index (χ0) is 15.8. The maximum absolute atomic E-state index is 12.1. The van der Waals surface area contributed by atoms with Crippen molar-refractivity contribution in [3.8, 4) is 0 Å². The van der Waals surface area contributed by atoms with E-state index in [9.17, 15) is 9.59 Å². The summed E-state index contributed by atoms with van der Waals surface area (Å²) in [5.74, 6) is 4.78. The van der Waals surface area contributed by atoms with Gasteiger partial charge in [-0.1, -0.05) is 0 Å². The van der Waals surface area contributed by atoms with E-state index in [0.717, 1.165) is 11.3 Å². The van der Waals surface area contributed by atoms with E-state index >= 15 is 0 Å². The smallest absolute Gasteiger partial charge is 0.251 e. The number of hydrogen-bond acceptors (Lipinski definition) is 5. The molecule has 1 unspecified atom stereocenters. The minimum Gasteiger partial charge on any atom is -0.383 e. The number of benzene rings is 1. The molecule has 1 rings (SSSR count). The molecule has 116 valence electrons. The molecule has 0 saturated heterocycles. The number of carbonyl (C=O) groups excluding carboxylic acids is 2. The highest BCUT2D eigenvalue weighted by Crippen LogP contribution is 2.15. The van der Waals surface area contributed by atoms with Crippen LogP contribution in [0.4, 0.5) is 5.69 Å². The largest absolute Gasteiger partial charge is 0.383 e. The van der Waals surface area contributed by atoms with E-state index < -0.39 is 6.04 Å². The fourth-order valence-electron chi connectivity index (χ4n) is 1.74. The number of amides is 2. The maximum Gasteiger partial charge on any atom is 0.251 e. The second-order valence-corrected chi connectivity index (χ2v) is 4.65. The summed E-state index contributed by atoms with van der Waals surface area (Å²) in [6, 6.07) is 4.45. The van der Waals surface area contributed by atoms with Crippen LogP contribution in [0.5, 0.6) is 0 Å². The van der Waals surface area contributed by atoms with Crippen LogP contribution in [0.3, 0.4) is 0 Å². The van der Waals surface area contributed by atoms with Crippen LogP contribution in [-0.4, -0.2) is 38.1 Å². The van der Waals surface area contributed by atoms with Crippen molar-refractivity contribution in [2.24, 2.45) is 5.84 Å². The normalized spacial score (nSPS) is 11.6. The Kier molecular flexibility index (Phi) is 6.64. The first-order valence-corrected chi connectivity index (χ1v) is 6.64. The third kappa shape index (κ3) is 5.05. The van der Waals surface area contributed by atoms with Gasteiger partial charge in [-0.3, -0.25) is 15.4 Å². The van der Waals surface area contributed by atoms with Crippen molar-refractivity contribution in [1.29, 1.82) is 0 Å². The molecule has 5 N–H and O–H groups in total. The summed E-state index contributed by atoms with van der Waals surface area (Å²) < 4.78 is 4.84. The zero-order valence-corrected chi connectivity index (χ0v) is 12.5. The molecule has 0 aromatic heterocycles. The van der Waals surface area contributed by atoms with Crippen molar-refractivity contribution in [3.05, 3.63) is 29.3 Å². The molecule has 1 aromatic carbocycles. The Morgan fingerprint density at radius 2 is 2.10 bits per heavy atom. The molecule has 1 aromatic rings. The highest BCUT2D eigenvalue weighted by atomic mass is 16.5. The van der Waals surface area contributed by atoms with Crippen molar-refractivity contribution in [2.75, 3.05) is 25.7 Å². The van der Waals surface area contributed by atoms with Crippen molar-refractivity contribution in [3.63, 3.8) is 0 Å². The van der Waals surface area contributed by atoms with E-state index in [1.165, 1.54) is 0 Å². The average molecular weight is 294 g/mol. The third-order valence-corrected chi connectivity index (χ3v) is 2.99. The highest BCUT2D eigenvalue weighted by Gasteiger charge is 2.16. The van der Waals surface area contributed by atoms with Crippen LogP contribution in [0.2, 0.25) is 0 Å². The zero-order valence-electron chi connectivity index (χ0n) is 12.5. The molecule has 0 heterocycles. The van der Waals surface area contributed by atoms with Crippen LogP contribution < -0.4 is 21.9 Å². The molecule has 0 aliphatic rings. The minimum atomic E-state index is -0.623. The lowest BCUT2D eigenvalue weighted by molar-refractivity contribution is -0.122. The number of hydrazine groups is 1. The number of methoxy groups -OCH3 is 1. The molecule has 7 nitrogen and oxygen atoms in total. The Morgan fingerprint density at radius 3 is 2.67 bits per heavy atom. The van der Waals surface area contributed by atoms with Crippen molar-refractivity contribution in [1.82, 2.24) is 10.6 Å². The summed E-state index contributed by atoms with van der Waals surface area (Å²) in [4.78, 5) is 23.8. The molecule has 0 saturated carbocycles. The molecule has 0 bridgehead atoms. The van der Waals surface area contributed by atoms with Gasteiger partial charge in [0.2, 0.25) is 5.91 Å². The Hall–Kier alpha value is -2.12. The first-order chi connectivity index (χ1) is 9.99. The predicted molar refractivity (Wildman–Crippen MR) is 80.8 cm³/mol. The molecule has 7 heteroatoms. The van der Waals surface area contributed by atoms with Gasteiger partial charge in [0.05, 0.1) is 12.3 Å². The van der Waals surface area contributed by atoms with Gasteiger partial charge in [0, 0.05) is 19.2 Å². The number of carbonyl (C=O) groups is 2. The van der Waals surface area contributed by atoms with Crippen molar-refractivity contribution < 1.29 is 14.3 Å². The quantitative estimate of drug-likeness (QED) is 0.326. The molecule has 0 aliphatic carbocycles. The van der Waals surface area contributed by atoms with Gasteiger partial charge in [-0.05, 0) is 37.6 Å². The van der Waals surface area contributed by atoms with Gasteiger partial charge in [0.1, 0.15) is 6.04 Å². The summed E-state index contributed by atoms with van der Waals surface area (Å²) in [6.45, 7) is 4.31. The van der Waals surface area contributed by atoms with Gasteiger partial charge in [0.15, 0.2) is 0 Å². The summed E-state index contributed by atoms with van der Waals surface area (Å²) in [5.41, 5.74) is 4.61. The van der Waals surface area contributed by atoms with Crippen LogP contribution >= 0.6 is 0 Å². The summed E-state index contributed by atoms with van der Waals surface area (Å²) in [6.07, 6.45) is 0. The SMILES string of the molecule is COCCNC(=O)C(C)NC(=O)c1ccc(NN)c(C)c1. The van der Waals surface area contributed by atoms with Crippen molar-refractivity contribution in [2.45, 2.75) is 19.9 Å². The Balaban J connectivity index is 2.59. The molecule has 21 heavy (non-hydrogen) atoms. The lowest BCUT2D eigenvalue weighted by Crippen LogP contribution is -2.45. The molecule has 1 atom stereocenters. The molecule has 2 amide bonds. The fraction of sp³-hybridized carbons (Fsp3) is 0.429. The van der Waals surface area contributed by atoms with E-state index in [4.69, 9.17) is 10.6 Å². The van der Waals surface area contributed by atoms with E-state index in [1.807, 2.05) is 6.92 Å². The number of nitrogens with two attached hydrogens (primary N) is 1. The predicted octanol–water partition coefficient (Wildman–Crippen LogP) is 0.162. The number of nitrogens with one attached hydrogen (secondary N) is 3. The topological polar surface area (TPSA) is 105 Å². The number of ether oxygens (including phenoxy) is 1. The number of anilines is 1. The van der Waals surface area contributed by atoms with Gasteiger partial charge in [0.25, 0.3) is 5.91 Å². The first-order valence-electron chi connectivity index (χ1n) is 6.64. The Labute approximate surface area is 124 Å². The second kappa shape index (κ2) is 8.23. The molecular formula is C14H22N4O3. The van der Waals surface area contributed by atoms with E-state index in [0.29, 0.717) is 18.7 Å². The highest BCUT2D eigenvalue weighted by molar-refractivity contribution is 5.97. The lowest BCUT2D eigenvalue weighted by Gasteiger charge is -2.14. The van der Waals surface area contributed by atoms with Gasteiger partial charge in [-0.2, -0.15) is 0 Å². The van der Waals surface area contributed by atoms with E-state index in [2.05, 4.69) is 16.1 Å². The number of nitrogen functional groups attached to an aromatic ring is 1. The Morgan fingerprint density at radius 1 is 1.38 bits per heavy atom. The monoisotopic (exact) mass is 294 g/mol. The average Bonchev–Trinajstić information content (AvgIpc) is 2.47. The van der Waals surface area contributed by atoms with E-state index in [-0.39, 0.29) is 11.8 Å². The maximum atomic E-state index is 12.1. The summed E-state index contributed by atoms with van der Waals surface area (Å²) in [5, 5.41) is 5.31. The van der Waals surface area contributed by atoms with Crippen molar-refractivity contribution >= 4 is 17.5 Å². The van der Waals surface area contributed by atoms with Crippen LogP contribution in [0.1, 0.15) is 22.8 Å². The van der Waals surface area contributed by atoms with Gasteiger partial charge in [-0.15, -0.1) is 0 Å². The number of hydrogen-bond donors (Lipinski definition) is 4. The summed E-state index contributed by atoms with van der Waals surface area (Å²) in [7, 11) is 1.56. The molecule has 0 fully saturated rings. The van der Waals surface area contributed by atoms with E-state index in [1.54, 1.807) is 32.2 Å². The third-order valence-electron chi connectivity index (χ3n) is 2.99. The lowest BCUT2D eigenvalue weighted by atomic mass is 10.1. The molecule has 0 aliphatic heterocycles. The molecular weight excluding hydrogens is 272 g/mol. The second-order valence-electron chi connectivity index (χ2n) is 4.65. The molecule has 0 radical (unpaired) electrons. The fourth-order valence-corrected chi connectivity index (χ4v) is 1.74. The van der Waals surface area contributed by atoms with Gasteiger partial charge >= 0.3 is 0 Å². The van der Waals surface area contributed by atoms with Gasteiger partial charge < -0.3 is 20.8 Å². The summed E-state index contributed by atoms with van der Waals surface area (Å²) >= 11 is 0. The van der Waals surface area contributed by atoms with Gasteiger partial charge in [-0.25, -0.2) is 0 Å². The Bertz CT molecular complexity index is 505.